The van der Waals surface area contributed by atoms with Crippen LogP contribution >= 0.6 is 11.8 Å². The van der Waals surface area contributed by atoms with E-state index in [9.17, 15) is 13.2 Å². The molecule has 1 amide bonds. The molecule has 3 aromatic rings. The number of hydrogen-bond donors (Lipinski definition) is 2. The standard InChI is InChI=1S/C15H13N5O4S2/c16-26(22,23)12-5-3-11(4-6-12)18-13(21)9-25-15-20-19-14(24-15)10-2-1-7-17-8-10/h1-8H,9H2,(H,18,21)(H2,16,22,23). The lowest BCUT2D eigenvalue weighted by molar-refractivity contribution is -0.113. The molecule has 2 aromatic heterocycles. The molecule has 0 saturated carbocycles. The lowest BCUT2D eigenvalue weighted by Crippen LogP contribution is -2.15. The van der Waals surface area contributed by atoms with Crippen LogP contribution in [0, 0.1) is 0 Å². The highest BCUT2D eigenvalue weighted by molar-refractivity contribution is 7.99. The number of aromatic nitrogens is 3. The normalized spacial score (nSPS) is 11.3. The number of thioether (sulfide) groups is 1. The summed E-state index contributed by atoms with van der Waals surface area (Å²) >= 11 is 1.08. The number of carbonyl (C=O) groups is 1. The van der Waals surface area contributed by atoms with Gasteiger partial charge in [0.05, 0.1) is 16.2 Å². The van der Waals surface area contributed by atoms with E-state index in [0.717, 1.165) is 11.8 Å². The van der Waals surface area contributed by atoms with Crippen LogP contribution in [0.5, 0.6) is 0 Å². The number of rotatable bonds is 6. The molecule has 0 aliphatic rings. The molecule has 9 nitrogen and oxygen atoms in total. The summed E-state index contributed by atoms with van der Waals surface area (Å²) < 4.78 is 27.8. The van der Waals surface area contributed by atoms with Crippen molar-refractivity contribution in [2.75, 3.05) is 11.1 Å². The zero-order valence-corrected chi connectivity index (χ0v) is 14.8. The largest absolute Gasteiger partial charge is 0.411 e. The summed E-state index contributed by atoms with van der Waals surface area (Å²) in [7, 11) is -3.76. The van der Waals surface area contributed by atoms with Crippen molar-refractivity contribution < 1.29 is 17.6 Å². The van der Waals surface area contributed by atoms with Crippen molar-refractivity contribution >= 4 is 33.4 Å². The first kappa shape index (κ1) is 18.0. The maximum Gasteiger partial charge on any atom is 0.277 e. The zero-order valence-electron chi connectivity index (χ0n) is 13.2. The van der Waals surface area contributed by atoms with Crippen molar-refractivity contribution in [2.24, 2.45) is 5.14 Å². The Bertz CT molecular complexity index is 1000. The predicted molar refractivity (Wildman–Crippen MR) is 94.7 cm³/mol. The van der Waals surface area contributed by atoms with Gasteiger partial charge in [0.25, 0.3) is 5.22 Å². The number of anilines is 1. The van der Waals surface area contributed by atoms with Gasteiger partial charge in [-0.25, -0.2) is 13.6 Å². The topological polar surface area (TPSA) is 141 Å². The number of nitrogens with two attached hydrogens (primary N) is 1. The van der Waals surface area contributed by atoms with Crippen molar-refractivity contribution in [3.63, 3.8) is 0 Å². The molecule has 0 bridgehead atoms. The third kappa shape index (κ3) is 4.65. The lowest BCUT2D eigenvalue weighted by Gasteiger charge is -2.05. The molecule has 0 fully saturated rings. The van der Waals surface area contributed by atoms with E-state index in [4.69, 9.17) is 9.56 Å². The molecular weight excluding hydrogens is 378 g/mol. The monoisotopic (exact) mass is 391 g/mol. The molecule has 3 rings (SSSR count). The van der Waals surface area contributed by atoms with Crippen LogP contribution in [-0.2, 0) is 14.8 Å². The summed E-state index contributed by atoms with van der Waals surface area (Å²) in [6.45, 7) is 0. The van der Waals surface area contributed by atoms with E-state index >= 15 is 0 Å². The van der Waals surface area contributed by atoms with E-state index in [1.807, 2.05) is 0 Å². The lowest BCUT2D eigenvalue weighted by atomic mass is 10.3. The minimum atomic E-state index is -3.76. The molecule has 0 aliphatic carbocycles. The van der Waals surface area contributed by atoms with Gasteiger partial charge < -0.3 is 9.73 Å². The second-order valence-corrected chi connectivity index (χ2v) is 7.51. The van der Waals surface area contributed by atoms with Crippen molar-refractivity contribution in [1.82, 2.24) is 15.2 Å². The average molecular weight is 391 g/mol. The van der Waals surface area contributed by atoms with Gasteiger partial charge in [0.15, 0.2) is 0 Å². The van der Waals surface area contributed by atoms with Gasteiger partial charge in [0, 0.05) is 18.1 Å². The summed E-state index contributed by atoms with van der Waals surface area (Å²) in [6, 6.07) is 9.07. The van der Waals surface area contributed by atoms with Crippen LogP contribution in [0.4, 0.5) is 5.69 Å². The van der Waals surface area contributed by atoms with Gasteiger partial charge in [-0.15, -0.1) is 10.2 Å². The first-order valence-electron chi connectivity index (χ1n) is 7.21. The second-order valence-electron chi connectivity index (χ2n) is 5.02. The molecule has 0 unspecified atom stereocenters. The van der Waals surface area contributed by atoms with Gasteiger partial charge in [0.2, 0.25) is 21.8 Å². The number of amides is 1. The molecule has 26 heavy (non-hydrogen) atoms. The minimum absolute atomic E-state index is 0.0290. The summed E-state index contributed by atoms with van der Waals surface area (Å²) in [6.07, 6.45) is 3.23. The van der Waals surface area contributed by atoms with Crippen molar-refractivity contribution in [2.45, 2.75) is 10.1 Å². The van der Waals surface area contributed by atoms with Crippen LogP contribution in [0.25, 0.3) is 11.5 Å². The van der Waals surface area contributed by atoms with E-state index in [1.165, 1.54) is 24.3 Å². The number of benzene rings is 1. The van der Waals surface area contributed by atoms with E-state index in [-0.39, 0.29) is 21.8 Å². The second kappa shape index (κ2) is 7.64. The highest BCUT2D eigenvalue weighted by Crippen LogP contribution is 2.22. The first-order valence-corrected chi connectivity index (χ1v) is 9.74. The Labute approximate surface area is 153 Å². The van der Waals surface area contributed by atoms with E-state index in [0.29, 0.717) is 17.1 Å². The number of sulfonamides is 1. The maximum absolute atomic E-state index is 12.0. The number of pyridine rings is 1. The molecule has 3 N–H and O–H groups in total. The molecule has 134 valence electrons. The molecule has 0 radical (unpaired) electrons. The van der Waals surface area contributed by atoms with Crippen LogP contribution in [0.3, 0.4) is 0 Å². The molecule has 0 saturated heterocycles. The van der Waals surface area contributed by atoms with E-state index in [2.05, 4.69) is 20.5 Å². The van der Waals surface area contributed by atoms with Gasteiger partial charge >= 0.3 is 0 Å². The molecule has 2 heterocycles. The SMILES string of the molecule is NS(=O)(=O)c1ccc(NC(=O)CSc2nnc(-c3cccnc3)o2)cc1. The molecule has 0 atom stereocenters. The Hall–Kier alpha value is -2.76. The van der Waals surface area contributed by atoms with Crippen molar-refractivity contribution in [3.8, 4) is 11.5 Å². The van der Waals surface area contributed by atoms with E-state index in [1.54, 1.807) is 24.5 Å². The fraction of sp³-hybridized carbons (Fsp3) is 0.0667. The van der Waals surface area contributed by atoms with Crippen LogP contribution in [0.15, 0.2) is 63.3 Å². The van der Waals surface area contributed by atoms with Crippen LogP contribution < -0.4 is 10.5 Å². The van der Waals surface area contributed by atoms with Gasteiger partial charge in [-0.1, -0.05) is 11.8 Å². The Morgan fingerprint density at radius 2 is 1.96 bits per heavy atom. The van der Waals surface area contributed by atoms with Gasteiger partial charge in [0.1, 0.15) is 0 Å². The molecule has 1 aromatic carbocycles. The Morgan fingerprint density at radius 3 is 2.62 bits per heavy atom. The third-order valence-corrected chi connectivity index (χ3v) is 4.86. The number of nitrogens with zero attached hydrogens (tertiary/aromatic N) is 3. The third-order valence-electron chi connectivity index (χ3n) is 3.11. The quantitative estimate of drug-likeness (QED) is 0.602. The Kier molecular flexibility index (Phi) is 5.30. The fourth-order valence-electron chi connectivity index (χ4n) is 1.93. The summed E-state index contributed by atoms with van der Waals surface area (Å²) in [5.74, 6) is 0.0603. The van der Waals surface area contributed by atoms with Crippen molar-refractivity contribution in [1.29, 1.82) is 0 Å². The predicted octanol–water partition coefficient (Wildman–Crippen LogP) is 1.51. The van der Waals surface area contributed by atoms with Gasteiger partial charge in [-0.05, 0) is 36.4 Å². The molecule has 0 spiro atoms. The Morgan fingerprint density at radius 1 is 1.19 bits per heavy atom. The van der Waals surface area contributed by atoms with Crippen molar-refractivity contribution in [3.05, 3.63) is 48.8 Å². The van der Waals surface area contributed by atoms with Crippen LogP contribution in [-0.4, -0.2) is 35.3 Å². The van der Waals surface area contributed by atoms with Gasteiger partial charge in [-0.2, -0.15) is 0 Å². The highest BCUT2D eigenvalue weighted by atomic mass is 32.2. The Balaban J connectivity index is 1.55. The number of hydrogen-bond acceptors (Lipinski definition) is 8. The summed E-state index contributed by atoms with van der Waals surface area (Å²) in [5.41, 5.74) is 1.14. The number of primary sulfonamides is 1. The molecular formula is C15H13N5O4S2. The summed E-state index contributed by atoms with van der Waals surface area (Å²) in [4.78, 5) is 15.9. The summed E-state index contributed by atoms with van der Waals surface area (Å²) in [5, 5.41) is 15.7. The first-order chi connectivity index (χ1) is 12.4. The molecule has 11 heteroatoms. The fourth-order valence-corrected chi connectivity index (χ4v) is 3.00. The minimum Gasteiger partial charge on any atom is -0.411 e. The highest BCUT2D eigenvalue weighted by Gasteiger charge is 2.12. The van der Waals surface area contributed by atoms with Gasteiger partial charge in [-0.3, -0.25) is 9.78 Å². The number of nitrogens with one attached hydrogen (secondary N) is 1. The van der Waals surface area contributed by atoms with Crippen LogP contribution in [0.2, 0.25) is 0 Å². The molecule has 0 aliphatic heterocycles. The number of carbonyl (C=O) groups excluding carboxylic acids is 1. The average Bonchev–Trinajstić information content (AvgIpc) is 3.09. The zero-order chi connectivity index (χ0) is 18.6. The van der Waals surface area contributed by atoms with Crippen LogP contribution in [0.1, 0.15) is 0 Å². The van der Waals surface area contributed by atoms with E-state index < -0.39 is 10.0 Å². The maximum atomic E-state index is 12.0. The smallest absolute Gasteiger partial charge is 0.277 e.